The van der Waals surface area contributed by atoms with Crippen LogP contribution in [0.5, 0.6) is 0 Å². The third kappa shape index (κ3) is 3.27. The smallest absolute Gasteiger partial charge is 0.167 e. The molecule has 1 fully saturated rings. The Hall–Kier alpha value is -2.20. The van der Waals surface area contributed by atoms with Crippen molar-refractivity contribution < 1.29 is 14.9 Å². The van der Waals surface area contributed by atoms with Crippen molar-refractivity contribution >= 4 is 28.7 Å². The van der Waals surface area contributed by atoms with Gasteiger partial charge in [-0.15, -0.1) is 11.8 Å². The van der Waals surface area contributed by atoms with E-state index >= 15 is 0 Å². The number of aryl methyl sites for hydroxylation is 2. The van der Waals surface area contributed by atoms with Gasteiger partial charge in [-0.1, -0.05) is 17.7 Å². The molecule has 3 aromatic rings. The van der Waals surface area contributed by atoms with Gasteiger partial charge in [0.1, 0.15) is 24.1 Å². The van der Waals surface area contributed by atoms with Gasteiger partial charge in [0.05, 0.1) is 12.4 Å². The predicted molar refractivity (Wildman–Crippen MR) is 102 cm³/mol. The molecule has 27 heavy (non-hydrogen) atoms. The number of ether oxygens (including phenoxy) is 1. The molecule has 1 saturated heterocycles. The molecule has 1 aliphatic rings. The third-order valence-corrected chi connectivity index (χ3v) is 6.00. The van der Waals surface area contributed by atoms with Crippen LogP contribution in [0.2, 0.25) is 0 Å². The Morgan fingerprint density at radius 2 is 2.00 bits per heavy atom. The molecule has 9 heteroatoms. The second-order valence-corrected chi connectivity index (χ2v) is 7.77. The molecule has 2 aromatic heterocycles. The van der Waals surface area contributed by atoms with E-state index in [-0.39, 0.29) is 5.82 Å². The minimum Gasteiger partial charge on any atom is -0.387 e. The van der Waals surface area contributed by atoms with E-state index in [1.165, 1.54) is 23.8 Å². The Morgan fingerprint density at radius 3 is 2.78 bits per heavy atom. The number of aliphatic hydroxyl groups excluding tert-OH is 2. The van der Waals surface area contributed by atoms with Crippen LogP contribution >= 0.6 is 11.8 Å². The summed E-state index contributed by atoms with van der Waals surface area (Å²) in [6.07, 6.45) is -0.582. The Balaban J connectivity index is 1.53. The summed E-state index contributed by atoms with van der Waals surface area (Å²) in [5.74, 6) is 0.774. The SMILES string of the molecule is Cc1ccc(SC[C@H]2O[C@@H](n3cnc4c(N)ncnc43)[C@H](O)[C@@H]2O)c(C)c1. The fraction of sp³-hybridized carbons (Fsp3) is 0.389. The lowest BCUT2D eigenvalue weighted by atomic mass is 10.1. The van der Waals surface area contributed by atoms with E-state index in [2.05, 4.69) is 47.0 Å². The van der Waals surface area contributed by atoms with E-state index in [4.69, 9.17) is 10.5 Å². The standard InChI is InChI=1S/C18H21N5O3S/c1-9-3-4-12(10(2)5-9)27-6-11-14(24)15(25)18(26-11)23-8-22-13-16(19)20-7-21-17(13)23/h3-5,7-8,11,14-15,18,24-25H,6H2,1-2H3,(H2,19,20,21)/t11-,14-,15-,18-/m1/s1. The number of nitrogens with two attached hydrogens (primary N) is 1. The zero-order valence-corrected chi connectivity index (χ0v) is 15.8. The van der Waals surface area contributed by atoms with Gasteiger partial charge in [0.2, 0.25) is 0 Å². The van der Waals surface area contributed by atoms with Crippen LogP contribution in [0.25, 0.3) is 11.2 Å². The highest BCUT2D eigenvalue weighted by Crippen LogP contribution is 2.35. The van der Waals surface area contributed by atoms with E-state index in [1.54, 1.807) is 16.3 Å². The molecule has 1 aliphatic heterocycles. The molecule has 0 saturated carbocycles. The van der Waals surface area contributed by atoms with Gasteiger partial charge in [-0.05, 0) is 25.5 Å². The summed E-state index contributed by atoms with van der Waals surface area (Å²) in [7, 11) is 0. The maximum absolute atomic E-state index is 10.5. The minimum absolute atomic E-state index is 0.258. The fourth-order valence-electron chi connectivity index (χ4n) is 3.29. The predicted octanol–water partition coefficient (Wildman–Crippen LogP) is 1.44. The number of rotatable bonds is 4. The van der Waals surface area contributed by atoms with Gasteiger partial charge in [-0.3, -0.25) is 4.57 Å². The summed E-state index contributed by atoms with van der Waals surface area (Å²) in [6, 6.07) is 6.24. The number of fused-ring (bicyclic) bond motifs is 1. The third-order valence-electron chi connectivity index (χ3n) is 4.73. The second-order valence-electron chi connectivity index (χ2n) is 6.71. The summed E-state index contributed by atoms with van der Waals surface area (Å²) >= 11 is 1.60. The van der Waals surface area contributed by atoms with E-state index < -0.39 is 24.5 Å². The van der Waals surface area contributed by atoms with Crippen LogP contribution < -0.4 is 5.73 Å². The molecule has 4 atom stereocenters. The first-order valence-corrected chi connectivity index (χ1v) is 9.59. The number of hydrogen-bond donors (Lipinski definition) is 3. The molecule has 0 unspecified atom stereocenters. The van der Waals surface area contributed by atoms with Gasteiger partial charge in [0.15, 0.2) is 17.7 Å². The lowest BCUT2D eigenvalue weighted by Gasteiger charge is -2.16. The number of aliphatic hydroxyl groups is 2. The van der Waals surface area contributed by atoms with E-state index in [0.717, 1.165) is 4.90 Å². The molecule has 142 valence electrons. The van der Waals surface area contributed by atoms with Crippen LogP contribution in [-0.2, 0) is 4.74 Å². The first-order chi connectivity index (χ1) is 13.0. The molecule has 4 rings (SSSR count). The van der Waals surface area contributed by atoms with Crippen molar-refractivity contribution in [2.75, 3.05) is 11.5 Å². The topological polar surface area (TPSA) is 119 Å². The van der Waals surface area contributed by atoms with Crippen molar-refractivity contribution in [3.63, 3.8) is 0 Å². The normalized spacial score (nSPS) is 25.3. The number of aromatic nitrogens is 4. The Kier molecular flexibility index (Phi) is 4.77. The lowest BCUT2D eigenvalue weighted by molar-refractivity contribution is -0.0289. The Bertz CT molecular complexity index is 979. The Morgan fingerprint density at radius 1 is 1.19 bits per heavy atom. The zero-order chi connectivity index (χ0) is 19.1. The van der Waals surface area contributed by atoms with Crippen LogP contribution in [0.4, 0.5) is 5.82 Å². The monoisotopic (exact) mass is 387 g/mol. The van der Waals surface area contributed by atoms with E-state index in [0.29, 0.717) is 16.9 Å². The summed E-state index contributed by atoms with van der Waals surface area (Å²) in [5.41, 5.74) is 9.10. The maximum atomic E-state index is 10.5. The first-order valence-electron chi connectivity index (χ1n) is 8.60. The minimum atomic E-state index is -1.09. The van der Waals surface area contributed by atoms with Crippen molar-refractivity contribution in [3.05, 3.63) is 42.0 Å². The summed E-state index contributed by atoms with van der Waals surface area (Å²) in [4.78, 5) is 13.4. The van der Waals surface area contributed by atoms with Crippen LogP contribution in [-0.4, -0.2) is 53.8 Å². The van der Waals surface area contributed by atoms with Crippen molar-refractivity contribution in [2.24, 2.45) is 0 Å². The van der Waals surface area contributed by atoms with Crippen molar-refractivity contribution in [2.45, 2.75) is 43.3 Å². The van der Waals surface area contributed by atoms with Crippen LogP contribution in [0, 0.1) is 13.8 Å². The van der Waals surface area contributed by atoms with Gasteiger partial charge in [-0.2, -0.15) is 0 Å². The molecule has 4 N–H and O–H groups in total. The zero-order valence-electron chi connectivity index (χ0n) is 15.0. The molecule has 0 spiro atoms. The molecule has 3 heterocycles. The molecular weight excluding hydrogens is 366 g/mol. The summed E-state index contributed by atoms with van der Waals surface area (Å²) in [5, 5.41) is 21.0. The van der Waals surface area contributed by atoms with Gasteiger partial charge in [-0.25, -0.2) is 15.0 Å². The summed E-state index contributed by atoms with van der Waals surface area (Å²) in [6.45, 7) is 4.11. The number of anilines is 1. The maximum Gasteiger partial charge on any atom is 0.167 e. The van der Waals surface area contributed by atoms with Crippen LogP contribution in [0.15, 0.2) is 35.7 Å². The molecular formula is C18H21N5O3S. The van der Waals surface area contributed by atoms with Crippen LogP contribution in [0.3, 0.4) is 0 Å². The average Bonchev–Trinajstić information content (AvgIpc) is 3.18. The van der Waals surface area contributed by atoms with E-state index in [1.807, 2.05) is 0 Å². The first kappa shape index (κ1) is 18.2. The number of imidazole rings is 1. The number of benzene rings is 1. The molecule has 0 radical (unpaired) electrons. The van der Waals surface area contributed by atoms with Gasteiger partial charge in [0.25, 0.3) is 0 Å². The number of thioether (sulfide) groups is 1. The van der Waals surface area contributed by atoms with Gasteiger partial charge in [0, 0.05) is 10.6 Å². The average molecular weight is 387 g/mol. The quantitative estimate of drug-likeness (QED) is 0.575. The Labute approximate surface area is 160 Å². The summed E-state index contributed by atoms with van der Waals surface area (Å²) < 4.78 is 7.55. The lowest BCUT2D eigenvalue weighted by Crippen LogP contribution is -2.32. The van der Waals surface area contributed by atoms with Crippen molar-refractivity contribution in [1.82, 2.24) is 19.5 Å². The van der Waals surface area contributed by atoms with Crippen molar-refractivity contribution in [3.8, 4) is 0 Å². The highest BCUT2D eigenvalue weighted by atomic mass is 32.2. The fourth-order valence-corrected chi connectivity index (χ4v) is 4.36. The highest BCUT2D eigenvalue weighted by Gasteiger charge is 2.44. The molecule has 0 amide bonds. The number of nitrogens with zero attached hydrogens (tertiary/aromatic N) is 4. The van der Waals surface area contributed by atoms with Gasteiger partial charge >= 0.3 is 0 Å². The molecule has 8 nitrogen and oxygen atoms in total. The molecule has 0 bridgehead atoms. The molecule has 0 aliphatic carbocycles. The number of hydrogen-bond acceptors (Lipinski definition) is 8. The number of nitrogen functional groups attached to an aromatic ring is 1. The molecule has 1 aromatic carbocycles. The van der Waals surface area contributed by atoms with E-state index in [9.17, 15) is 10.2 Å². The highest BCUT2D eigenvalue weighted by molar-refractivity contribution is 7.99. The van der Waals surface area contributed by atoms with Gasteiger partial charge < -0.3 is 20.7 Å². The van der Waals surface area contributed by atoms with Crippen molar-refractivity contribution in [1.29, 1.82) is 0 Å². The largest absolute Gasteiger partial charge is 0.387 e. The second kappa shape index (κ2) is 7.08. The van der Waals surface area contributed by atoms with Crippen LogP contribution in [0.1, 0.15) is 17.4 Å².